The average molecular weight is 389 g/mol. The van der Waals surface area contributed by atoms with Gasteiger partial charge in [0.1, 0.15) is 0 Å². The van der Waals surface area contributed by atoms with Crippen LogP contribution in [-0.4, -0.2) is 46.2 Å². The van der Waals surface area contributed by atoms with E-state index >= 15 is 0 Å². The third-order valence-corrected chi connectivity index (χ3v) is 6.57. The van der Waals surface area contributed by atoms with Gasteiger partial charge in [0.15, 0.2) is 0 Å². The van der Waals surface area contributed by atoms with Gasteiger partial charge in [0.25, 0.3) is 0 Å². The molecule has 0 aromatic heterocycles. The van der Waals surface area contributed by atoms with Crippen LogP contribution in [-0.2, 0) is 14.8 Å². The summed E-state index contributed by atoms with van der Waals surface area (Å²) in [6, 6.07) is 13.3. The molecule has 5 nitrogen and oxygen atoms in total. The smallest absolute Gasteiger partial charge is 0.241 e. The first-order valence-corrected chi connectivity index (χ1v) is 10.8. The molecule has 1 atom stereocenters. The van der Waals surface area contributed by atoms with E-state index in [1.54, 1.807) is 6.07 Å². The molecule has 0 amide bonds. The van der Waals surface area contributed by atoms with E-state index in [9.17, 15) is 8.42 Å². The number of aryl methyl sites for hydroxylation is 3. The van der Waals surface area contributed by atoms with Gasteiger partial charge in [-0.2, -0.15) is 0 Å². The maximum Gasteiger partial charge on any atom is 0.241 e. The molecular formula is C21H28N2O3S. The van der Waals surface area contributed by atoms with Crippen LogP contribution in [0.2, 0.25) is 0 Å². The number of hydrogen-bond donors (Lipinski definition) is 1. The third kappa shape index (κ3) is 5.17. The molecule has 1 heterocycles. The van der Waals surface area contributed by atoms with Crippen LogP contribution < -0.4 is 4.72 Å². The number of morpholine rings is 1. The highest BCUT2D eigenvalue weighted by Crippen LogP contribution is 2.22. The summed E-state index contributed by atoms with van der Waals surface area (Å²) in [6.45, 7) is 9.38. The first-order valence-electron chi connectivity index (χ1n) is 9.31. The molecule has 0 saturated carbocycles. The van der Waals surface area contributed by atoms with Crippen molar-refractivity contribution in [1.29, 1.82) is 0 Å². The predicted molar refractivity (Wildman–Crippen MR) is 107 cm³/mol. The van der Waals surface area contributed by atoms with Gasteiger partial charge < -0.3 is 4.74 Å². The molecule has 3 rings (SSSR count). The Bertz CT molecular complexity index is 873. The van der Waals surface area contributed by atoms with E-state index in [0.717, 1.165) is 35.3 Å². The second-order valence-corrected chi connectivity index (χ2v) is 8.95. The first-order chi connectivity index (χ1) is 12.8. The second-order valence-electron chi connectivity index (χ2n) is 7.27. The van der Waals surface area contributed by atoms with Gasteiger partial charge in [-0.15, -0.1) is 0 Å². The fourth-order valence-electron chi connectivity index (χ4n) is 3.30. The normalized spacial score (nSPS) is 17.0. The lowest BCUT2D eigenvalue weighted by Crippen LogP contribution is -2.43. The highest BCUT2D eigenvalue weighted by Gasteiger charge is 2.25. The Morgan fingerprint density at radius 1 is 1.00 bits per heavy atom. The minimum absolute atomic E-state index is 0.311. The molecule has 1 fully saturated rings. The van der Waals surface area contributed by atoms with Gasteiger partial charge in [0.05, 0.1) is 24.2 Å². The van der Waals surface area contributed by atoms with E-state index in [1.165, 1.54) is 0 Å². The SMILES string of the molecule is Cc1ccc([C@@H](CN2CCOCC2)NS(=O)(=O)c2cc(C)ccc2C)cc1. The zero-order valence-electron chi connectivity index (χ0n) is 16.2. The van der Waals surface area contributed by atoms with Crippen molar-refractivity contribution in [2.75, 3.05) is 32.8 Å². The van der Waals surface area contributed by atoms with Gasteiger partial charge in [-0.3, -0.25) is 4.90 Å². The summed E-state index contributed by atoms with van der Waals surface area (Å²) in [6.07, 6.45) is 0. The molecule has 2 aromatic rings. The predicted octanol–water partition coefficient (Wildman–Crippen LogP) is 2.96. The second kappa shape index (κ2) is 8.52. The summed E-state index contributed by atoms with van der Waals surface area (Å²) >= 11 is 0. The Labute approximate surface area is 162 Å². The van der Waals surface area contributed by atoms with Gasteiger partial charge in [0, 0.05) is 19.6 Å². The molecular weight excluding hydrogens is 360 g/mol. The van der Waals surface area contributed by atoms with Crippen LogP contribution in [0.25, 0.3) is 0 Å². The van der Waals surface area contributed by atoms with Crippen molar-refractivity contribution in [2.24, 2.45) is 0 Å². The maximum atomic E-state index is 13.1. The monoisotopic (exact) mass is 388 g/mol. The van der Waals surface area contributed by atoms with Crippen molar-refractivity contribution in [3.8, 4) is 0 Å². The van der Waals surface area contributed by atoms with Crippen molar-refractivity contribution in [1.82, 2.24) is 9.62 Å². The number of nitrogens with zero attached hydrogens (tertiary/aromatic N) is 1. The zero-order valence-corrected chi connectivity index (χ0v) is 17.1. The largest absolute Gasteiger partial charge is 0.379 e. The molecule has 1 saturated heterocycles. The molecule has 27 heavy (non-hydrogen) atoms. The summed E-state index contributed by atoms with van der Waals surface area (Å²) in [4.78, 5) is 2.60. The van der Waals surface area contributed by atoms with Crippen LogP contribution in [0, 0.1) is 20.8 Å². The highest BCUT2D eigenvalue weighted by atomic mass is 32.2. The van der Waals surface area contributed by atoms with E-state index in [2.05, 4.69) is 9.62 Å². The van der Waals surface area contributed by atoms with Crippen molar-refractivity contribution in [2.45, 2.75) is 31.7 Å². The molecule has 0 aliphatic carbocycles. The fourth-order valence-corrected chi connectivity index (χ4v) is 4.84. The van der Waals surface area contributed by atoms with Crippen LogP contribution in [0.3, 0.4) is 0 Å². The number of sulfonamides is 1. The van der Waals surface area contributed by atoms with Crippen LogP contribution >= 0.6 is 0 Å². The molecule has 0 radical (unpaired) electrons. The first kappa shape index (κ1) is 20.0. The molecule has 0 unspecified atom stereocenters. The van der Waals surface area contributed by atoms with Crippen LogP contribution in [0.15, 0.2) is 47.4 Å². The Kier molecular flexibility index (Phi) is 6.32. The quantitative estimate of drug-likeness (QED) is 0.827. The standard InChI is InChI=1S/C21H28N2O3S/c1-16-5-8-19(9-6-16)20(15-23-10-12-26-13-11-23)22-27(24,25)21-14-17(2)4-7-18(21)3/h4-9,14,20,22H,10-13,15H2,1-3H3/t20-/m1/s1. The van der Waals surface area contributed by atoms with Crippen molar-refractivity contribution in [3.05, 3.63) is 64.7 Å². The summed E-state index contributed by atoms with van der Waals surface area (Å²) in [5.74, 6) is 0. The Balaban J connectivity index is 1.89. The lowest BCUT2D eigenvalue weighted by Gasteiger charge is -2.31. The van der Waals surface area contributed by atoms with E-state index in [1.807, 2.05) is 57.2 Å². The molecule has 0 bridgehead atoms. The number of nitrogens with one attached hydrogen (secondary N) is 1. The van der Waals surface area contributed by atoms with Gasteiger partial charge in [-0.05, 0) is 43.5 Å². The maximum absolute atomic E-state index is 13.1. The molecule has 0 spiro atoms. The lowest BCUT2D eigenvalue weighted by atomic mass is 10.1. The molecule has 1 N–H and O–H groups in total. The van der Waals surface area contributed by atoms with Gasteiger partial charge in [-0.1, -0.05) is 42.0 Å². The fraction of sp³-hybridized carbons (Fsp3) is 0.429. The van der Waals surface area contributed by atoms with Crippen molar-refractivity contribution >= 4 is 10.0 Å². The van der Waals surface area contributed by atoms with E-state index in [-0.39, 0.29) is 6.04 Å². The molecule has 146 valence electrons. The molecule has 2 aromatic carbocycles. The van der Waals surface area contributed by atoms with Crippen molar-refractivity contribution < 1.29 is 13.2 Å². The van der Waals surface area contributed by atoms with Crippen molar-refractivity contribution in [3.63, 3.8) is 0 Å². The summed E-state index contributed by atoms with van der Waals surface area (Å²) in [5, 5.41) is 0. The summed E-state index contributed by atoms with van der Waals surface area (Å²) in [5.41, 5.74) is 3.81. The van der Waals surface area contributed by atoms with E-state index in [4.69, 9.17) is 4.74 Å². The van der Waals surface area contributed by atoms with Gasteiger partial charge in [0.2, 0.25) is 10.0 Å². The number of benzene rings is 2. The van der Waals surface area contributed by atoms with Gasteiger partial charge in [-0.25, -0.2) is 13.1 Å². The number of rotatable bonds is 6. The zero-order chi connectivity index (χ0) is 19.4. The molecule has 6 heteroatoms. The van der Waals surface area contributed by atoms with E-state index in [0.29, 0.717) is 24.7 Å². The van der Waals surface area contributed by atoms with Gasteiger partial charge >= 0.3 is 0 Å². The Hall–Kier alpha value is -1.73. The van der Waals surface area contributed by atoms with E-state index < -0.39 is 10.0 Å². The lowest BCUT2D eigenvalue weighted by molar-refractivity contribution is 0.0345. The minimum atomic E-state index is -3.63. The summed E-state index contributed by atoms with van der Waals surface area (Å²) in [7, 11) is -3.63. The topological polar surface area (TPSA) is 58.6 Å². The van der Waals surface area contributed by atoms with Crippen LogP contribution in [0.4, 0.5) is 0 Å². The average Bonchev–Trinajstić information content (AvgIpc) is 2.64. The Morgan fingerprint density at radius 2 is 1.63 bits per heavy atom. The summed E-state index contributed by atoms with van der Waals surface area (Å²) < 4.78 is 34.7. The van der Waals surface area contributed by atoms with Crippen LogP contribution in [0.1, 0.15) is 28.3 Å². The third-order valence-electron chi connectivity index (χ3n) is 4.95. The number of hydrogen-bond acceptors (Lipinski definition) is 4. The number of ether oxygens (including phenoxy) is 1. The van der Waals surface area contributed by atoms with Crippen LogP contribution in [0.5, 0.6) is 0 Å². The highest BCUT2D eigenvalue weighted by molar-refractivity contribution is 7.89. The Morgan fingerprint density at radius 3 is 2.30 bits per heavy atom. The minimum Gasteiger partial charge on any atom is -0.379 e. The molecule has 1 aliphatic heterocycles. The molecule has 1 aliphatic rings.